The topological polar surface area (TPSA) is 67.2 Å². The third-order valence-corrected chi connectivity index (χ3v) is 9.04. The summed E-state index contributed by atoms with van der Waals surface area (Å²) in [5.41, 5.74) is 2.80. The van der Waals surface area contributed by atoms with Gasteiger partial charge in [0.05, 0.1) is 4.92 Å². The molecule has 2 N–H and O–H groups in total. The van der Waals surface area contributed by atoms with Crippen molar-refractivity contribution in [2.75, 3.05) is 26.2 Å². The third kappa shape index (κ3) is 28.5. The molecule has 5 nitrogen and oxygen atoms in total. The van der Waals surface area contributed by atoms with Crippen molar-refractivity contribution in [2.24, 2.45) is 0 Å². The highest BCUT2D eigenvalue weighted by Crippen LogP contribution is 2.14. The molecule has 0 radical (unpaired) electrons. The van der Waals surface area contributed by atoms with Gasteiger partial charge < -0.3 is 10.6 Å². The molecule has 0 atom stereocenters. The summed E-state index contributed by atoms with van der Waals surface area (Å²) in [7, 11) is 0. The number of nitro benzene ring substituents is 1. The van der Waals surface area contributed by atoms with E-state index in [4.69, 9.17) is 0 Å². The number of nitro groups is 1. The fourth-order valence-corrected chi connectivity index (χ4v) is 5.99. The van der Waals surface area contributed by atoms with Gasteiger partial charge in [0, 0.05) is 12.1 Å². The predicted molar refractivity (Wildman–Crippen MR) is 206 cm³/mol. The molecule has 5 heteroatoms. The Hall–Kier alpha value is -2.24. The predicted octanol–water partition coefficient (Wildman–Crippen LogP) is 12.2. The fraction of sp³-hybridized carbons (Fsp3) is 0.714. The van der Waals surface area contributed by atoms with Crippen LogP contribution >= 0.6 is 0 Å². The van der Waals surface area contributed by atoms with Crippen LogP contribution in [0.25, 0.3) is 0 Å². The number of benzene rings is 2. The molecule has 0 spiro atoms. The van der Waals surface area contributed by atoms with Gasteiger partial charge in [-0.05, 0) is 75.8 Å². The Morgan fingerprint density at radius 3 is 1.17 bits per heavy atom. The first-order chi connectivity index (χ1) is 23.2. The second-order valence-electron chi connectivity index (χ2n) is 13.5. The number of rotatable bonds is 31. The van der Waals surface area contributed by atoms with Crippen molar-refractivity contribution < 1.29 is 4.92 Å². The van der Waals surface area contributed by atoms with Crippen molar-refractivity contribution in [3.05, 3.63) is 75.8 Å². The van der Waals surface area contributed by atoms with Crippen LogP contribution in [0.4, 0.5) is 5.69 Å². The molecule has 0 aliphatic carbocycles. The summed E-state index contributed by atoms with van der Waals surface area (Å²) in [4.78, 5) is 10.3. The standard InChI is InChI=1S/C21H36N2O2.C21H37N/c1-2-3-4-5-6-7-8-9-10-11-18-22-19-12-13-20-14-16-21(17-15-20)23(24)25;1-2-3-4-5-6-7-8-9-10-14-19-22-20-15-18-21-16-12-11-13-17-21/h14-17,22H,2-13,18-19H2,1H3;11-13,16-17,22H,2-10,14-15,18-20H2,1H3. The molecule has 0 unspecified atom stereocenters. The van der Waals surface area contributed by atoms with Crippen molar-refractivity contribution in [3.8, 4) is 0 Å². The smallest absolute Gasteiger partial charge is 0.269 e. The lowest BCUT2D eigenvalue weighted by atomic mass is 10.1. The molecule has 2 aromatic rings. The monoisotopic (exact) mass is 652 g/mol. The number of hydrogen-bond acceptors (Lipinski definition) is 4. The van der Waals surface area contributed by atoms with Gasteiger partial charge in [0.15, 0.2) is 0 Å². The Balaban J connectivity index is 0.000000474. The zero-order valence-corrected chi connectivity index (χ0v) is 30.8. The molecule has 0 fully saturated rings. The summed E-state index contributed by atoms with van der Waals surface area (Å²) >= 11 is 0. The summed E-state index contributed by atoms with van der Waals surface area (Å²) in [6, 6.07) is 17.7. The zero-order valence-electron chi connectivity index (χ0n) is 30.8. The first-order valence-electron chi connectivity index (χ1n) is 19.9. The maximum Gasteiger partial charge on any atom is 0.269 e. The Labute approximate surface area is 290 Å². The average Bonchev–Trinajstić information content (AvgIpc) is 3.09. The average molecular weight is 652 g/mol. The largest absolute Gasteiger partial charge is 0.317 e. The van der Waals surface area contributed by atoms with Gasteiger partial charge in [-0.25, -0.2) is 0 Å². The second-order valence-corrected chi connectivity index (χ2v) is 13.5. The highest BCUT2D eigenvalue weighted by atomic mass is 16.6. The van der Waals surface area contributed by atoms with Crippen LogP contribution in [0, 0.1) is 10.1 Å². The Bertz CT molecular complexity index is 919. The second kappa shape index (κ2) is 33.7. The van der Waals surface area contributed by atoms with E-state index in [9.17, 15) is 10.1 Å². The van der Waals surface area contributed by atoms with Crippen molar-refractivity contribution in [1.29, 1.82) is 0 Å². The van der Waals surface area contributed by atoms with E-state index in [1.54, 1.807) is 12.1 Å². The van der Waals surface area contributed by atoms with Gasteiger partial charge in [-0.2, -0.15) is 0 Å². The van der Waals surface area contributed by atoms with Crippen molar-refractivity contribution in [3.63, 3.8) is 0 Å². The lowest BCUT2D eigenvalue weighted by molar-refractivity contribution is -0.384. The van der Waals surface area contributed by atoms with Crippen LogP contribution in [0.15, 0.2) is 54.6 Å². The molecule has 0 saturated carbocycles. The Kier molecular flexibility index (Phi) is 30.6. The Morgan fingerprint density at radius 2 is 0.787 bits per heavy atom. The number of non-ortho nitro benzene ring substituents is 1. The van der Waals surface area contributed by atoms with Crippen LogP contribution in [0.1, 0.15) is 166 Å². The minimum absolute atomic E-state index is 0.169. The number of aryl methyl sites for hydroxylation is 2. The minimum atomic E-state index is -0.349. The minimum Gasteiger partial charge on any atom is -0.317 e. The van der Waals surface area contributed by atoms with E-state index in [1.165, 1.54) is 159 Å². The molecule has 0 aromatic heterocycles. The molecule has 0 aliphatic heterocycles. The molecular formula is C42H73N3O2. The summed E-state index contributed by atoms with van der Waals surface area (Å²) < 4.78 is 0. The normalized spacial score (nSPS) is 10.9. The molecule has 47 heavy (non-hydrogen) atoms. The van der Waals surface area contributed by atoms with E-state index in [-0.39, 0.29) is 10.6 Å². The molecule has 0 bridgehead atoms. The van der Waals surface area contributed by atoms with Gasteiger partial charge in [0.1, 0.15) is 0 Å². The van der Waals surface area contributed by atoms with Gasteiger partial charge in [0.25, 0.3) is 5.69 Å². The molecule has 2 aromatic carbocycles. The summed E-state index contributed by atoms with van der Waals surface area (Å²) in [5.74, 6) is 0. The summed E-state index contributed by atoms with van der Waals surface area (Å²) in [6.07, 6.45) is 32.5. The maximum atomic E-state index is 10.6. The molecule has 0 heterocycles. The van der Waals surface area contributed by atoms with Crippen LogP contribution in [0.5, 0.6) is 0 Å². The number of hydrogen-bond donors (Lipinski definition) is 2. The van der Waals surface area contributed by atoms with Crippen LogP contribution in [0.2, 0.25) is 0 Å². The third-order valence-electron chi connectivity index (χ3n) is 9.04. The van der Waals surface area contributed by atoms with Crippen LogP contribution in [0.3, 0.4) is 0 Å². The van der Waals surface area contributed by atoms with Crippen molar-refractivity contribution >= 4 is 5.69 Å². The molecule has 268 valence electrons. The fourth-order valence-electron chi connectivity index (χ4n) is 5.99. The van der Waals surface area contributed by atoms with Gasteiger partial charge in [0.2, 0.25) is 0 Å². The van der Waals surface area contributed by atoms with Crippen LogP contribution in [-0.4, -0.2) is 31.1 Å². The van der Waals surface area contributed by atoms with Crippen molar-refractivity contribution in [2.45, 2.75) is 168 Å². The van der Waals surface area contributed by atoms with Crippen molar-refractivity contribution in [1.82, 2.24) is 10.6 Å². The maximum absolute atomic E-state index is 10.6. The zero-order chi connectivity index (χ0) is 33.9. The SMILES string of the molecule is CCCCCCCCCCCCNCCCc1ccc([N+](=O)[O-])cc1.CCCCCCCCCCCCNCCCc1ccccc1. The van der Waals surface area contributed by atoms with Gasteiger partial charge in [-0.15, -0.1) is 0 Å². The van der Waals surface area contributed by atoms with E-state index >= 15 is 0 Å². The van der Waals surface area contributed by atoms with E-state index in [1.807, 2.05) is 12.1 Å². The molecule has 0 aliphatic rings. The number of unbranched alkanes of at least 4 members (excludes halogenated alkanes) is 18. The first kappa shape index (κ1) is 42.8. The van der Waals surface area contributed by atoms with E-state index < -0.39 is 0 Å². The van der Waals surface area contributed by atoms with Gasteiger partial charge in [-0.3, -0.25) is 10.1 Å². The molecular weight excluding hydrogens is 578 g/mol. The molecule has 0 saturated heterocycles. The summed E-state index contributed by atoms with van der Waals surface area (Å²) in [6.45, 7) is 9.04. The van der Waals surface area contributed by atoms with Crippen LogP contribution < -0.4 is 10.6 Å². The lowest BCUT2D eigenvalue weighted by Gasteiger charge is -2.05. The molecule has 2 rings (SSSR count). The van der Waals surface area contributed by atoms with Gasteiger partial charge >= 0.3 is 0 Å². The lowest BCUT2D eigenvalue weighted by Crippen LogP contribution is -2.17. The number of nitrogens with zero attached hydrogens (tertiary/aromatic N) is 1. The Morgan fingerprint density at radius 1 is 0.447 bits per heavy atom. The van der Waals surface area contributed by atoms with Crippen LogP contribution in [-0.2, 0) is 12.8 Å². The van der Waals surface area contributed by atoms with E-state index in [2.05, 4.69) is 54.8 Å². The van der Waals surface area contributed by atoms with Gasteiger partial charge in [-0.1, -0.05) is 172 Å². The van der Waals surface area contributed by atoms with E-state index in [0.29, 0.717) is 0 Å². The first-order valence-corrected chi connectivity index (χ1v) is 19.9. The quantitative estimate of drug-likeness (QED) is 0.0483. The number of nitrogens with one attached hydrogen (secondary N) is 2. The summed E-state index contributed by atoms with van der Waals surface area (Å²) in [5, 5.41) is 17.7. The highest BCUT2D eigenvalue weighted by molar-refractivity contribution is 5.32. The molecule has 0 amide bonds. The van der Waals surface area contributed by atoms with E-state index in [0.717, 1.165) is 32.5 Å². The highest BCUT2D eigenvalue weighted by Gasteiger charge is 2.03.